The van der Waals surface area contributed by atoms with Crippen LogP contribution in [0.15, 0.2) is 22.7 Å². The Morgan fingerprint density at radius 1 is 1.33 bits per heavy atom. The minimum atomic E-state index is -0.0769. The fourth-order valence-electron chi connectivity index (χ4n) is 3.47. The minimum Gasteiger partial charge on any atom is -0.497 e. The van der Waals surface area contributed by atoms with Crippen LogP contribution in [0.3, 0.4) is 0 Å². The van der Waals surface area contributed by atoms with E-state index in [2.05, 4.69) is 53.8 Å². The lowest BCUT2D eigenvalue weighted by Crippen LogP contribution is -2.56. The number of hydrogen-bond donors (Lipinski definition) is 1. The van der Waals surface area contributed by atoms with Gasteiger partial charge in [-0.3, -0.25) is 9.69 Å². The van der Waals surface area contributed by atoms with Gasteiger partial charge < -0.3 is 10.1 Å². The van der Waals surface area contributed by atoms with Crippen molar-refractivity contribution in [3.63, 3.8) is 0 Å². The number of carbonyl (C=O) groups excluding carboxylic acids is 1. The molecule has 0 radical (unpaired) electrons. The second-order valence-electron chi connectivity index (χ2n) is 7.69. The van der Waals surface area contributed by atoms with Crippen molar-refractivity contribution in [3.05, 3.63) is 28.2 Å². The van der Waals surface area contributed by atoms with Gasteiger partial charge in [0.2, 0.25) is 0 Å². The van der Waals surface area contributed by atoms with Crippen LogP contribution in [0.4, 0.5) is 0 Å². The third-order valence-electron chi connectivity index (χ3n) is 4.82. The Morgan fingerprint density at radius 3 is 2.54 bits per heavy atom. The van der Waals surface area contributed by atoms with Crippen LogP contribution in [0.2, 0.25) is 0 Å². The lowest BCUT2D eigenvalue weighted by molar-refractivity contribution is 0.0445. The van der Waals surface area contributed by atoms with E-state index in [1.54, 1.807) is 13.2 Å². The lowest BCUT2D eigenvalue weighted by Gasteiger charge is -2.45. The Kier molecular flexibility index (Phi) is 6.32. The highest BCUT2D eigenvalue weighted by atomic mass is 79.9. The number of benzene rings is 1. The first kappa shape index (κ1) is 19.3. The number of ether oxygens (including phenoxy) is 1. The summed E-state index contributed by atoms with van der Waals surface area (Å²) in [6.07, 6.45) is 1.29. The van der Waals surface area contributed by atoms with Gasteiger partial charge in [0.25, 0.3) is 5.91 Å². The number of nitrogens with zero attached hydrogens (tertiary/aromatic N) is 1. The number of carbonyl (C=O) groups is 1. The van der Waals surface area contributed by atoms with Gasteiger partial charge in [-0.15, -0.1) is 0 Å². The van der Waals surface area contributed by atoms with Crippen LogP contribution >= 0.6 is 15.9 Å². The zero-order valence-electron chi connectivity index (χ0n) is 15.4. The molecule has 2 atom stereocenters. The summed E-state index contributed by atoms with van der Waals surface area (Å²) >= 11 is 3.45. The average Bonchev–Trinajstić information content (AvgIpc) is 2.52. The smallest absolute Gasteiger partial charge is 0.252 e. The third-order valence-corrected chi connectivity index (χ3v) is 5.52. The zero-order valence-corrected chi connectivity index (χ0v) is 16.9. The summed E-state index contributed by atoms with van der Waals surface area (Å²) in [6, 6.07) is 5.44. The first-order valence-corrected chi connectivity index (χ1v) is 9.39. The van der Waals surface area contributed by atoms with Crippen molar-refractivity contribution in [1.82, 2.24) is 10.2 Å². The van der Waals surface area contributed by atoms with Gasteiger partial charge in [0.1, 0.15) is 5.75 Å². The molecule has 0 spiro atoms. The molecule has 1 aromatic carbocycles. The maximum absolute atomic E-state index is 12.6. The van der Waals surface area contributed by atoms with Crippen molar-refractivity contribution in [2.24, 2.45) is 11.8 Å². The standard InChI is InChI=1S/C19H29BrN2O2/c1-13-8-14(2)11-22(10-13)19(3,4)12-21-18(23)16-9-15(24-5)6-7-17(16)20/h6-7,9,13-14H,8,10-12H2,1-5H3,(H,21,23). The first-order chi connectivity index (χ1) is 11.2. The number of rotatable bonds is 5. The quantitative estimate of drug-likeness (QED) is 0.818. The second kappa shape index (κ2) is 7.87. The monoisotopic (exact) mass is 396 g/mol. The molecule has 1 saturated heterocycles. The van der Waals surface area contributed by atoms with E-state index < -0.39 is 0 Å². The molecule has 1 aromatic rings. The Morgan fingerprint density at radius 2 is 1.96 bits per heavy atom. The molecule has 0 saturated carbocycles. The van der Waals surface area contributed by atoms with E-state index in [-0.39, 0.29) is 11.4 Å². The van der Waals surface area contributed by atoms with E-state index in [9.17, 15) is 4.79 Å². The maximum atomic E-state index is 12.6. The minimum absolute atomic E-state index is 0.0655. The fourth-order valence-corrected chi connectivity index (χ4v) is 3.89. The highest BCUT2D eigenvalue weighted by Gasteiger charge is 2.33. The molecular weight excluding hydrogens is 368 g/mol. The van der Waals surface area contributed by atoms with E-state index in [1.165, 1.54) is 6.42 Å². The molecule has 4 nitrogen and oxygen atoms in total. The van der Waals surface area contributed by atoms with Gasteiger partial charge in [0, 0.05) is 29.6 Å². The predicted molar refractivity (Wildman–Crippen MR) is 102 cm³/mol. The fraction of sp³-hybridized carbons (Fsp3) is 0.632. The molecule has 2 unspecified atom stereocenters. The highest BCUT2D eigenvalue weighted by molar-refractivity contribution is 9.10. The summed E-state index contributed by atoms with van der Waals surface area (Å²) in [7, 11) is 1.60. The molecule has 5 heteroatoms. The molecule has 24 heavy (non-hydrogen) atoms. The van der Waals surface area contributed by atoms with Crippen LogP contribution in [-0.4, -0.2) is 43.1 Å². The van der Waals surface area contributed by atoms with E-state index in [1.807, 2.05) is 12.1 Å². The van der Waals surface area contributed by atoms with Crippen LogP contribution in [0.5, 0.6) is 5.75 Å². The summed E-state index contributed by atoms with van der Waals surface area (Å²) in [5.74, 6) is 2.01. The summed E-state index contributed by atoms with van der Waals surface area (Å²) in [6.45, 7) is 11.8. The van der Waals surface area contributed by atoms with Gasteiger partial charge in [-0.05, 0) is 66.2 Å². The van der Waals surface area contributed by atoms with E-state index in [0.29, 0.717) is 29.7 Å². The number of amides is 1. The molecule has 134 valence electrons. The van der Waals surface area contributed by atoms with Gasteiger partial charge in [-0.1, -0.05) is 13.8 Å². The second-order valence-corrected chi connectivity index (χ2v) is 8.55. The highest BCUT2D eigenvalue weighted by Crippen LogP contribution is 2.27. The molecule has 1 aliphatic heterocycles. The molecule has 1 aliphatic rings. The Bertz CT molecular complexity index is 579. The SMILES string of the molecule is COc1ccc(Br)c(C(=O)NCC(C)(C)N2CC(C)CC(C)C2)c1. The Labute approximate surface area is 154 Å². The summed E-state index contributed by atoms with van der Waals surface area (Å²) in [4.78, 5) is 15.1. The van der Waals surface area contributed by atoms with Gasteiger partial charge >= 0.3 is 0 Å². The van der Waals surface area contributed by atoms with Crippen molar-refractivity contribution in [2.75, 3.05) is 26.7 Å². The van der Waals surface area contributed by atoms with Crippen LogP contribution in [0, 0.1) is 11.8 Å². The number of hydrogen-bond acceptors (Lipinski definition) is 3. The van der Waals surface area contributed by atoms with Gasteiger partial charge in [0.15, 0.2) is 0 Å². The van der Waals surface area contributed by atoms with Crippen LogP contribution in [0.25, 0.3) is 0 Å². The van der Waals surface area contributed by atoms with E-state index in [4.69, 9.17) is 4.74 Å². The average molecular weight is 397 g/mol. The van der Waals surface area contributed by atoms with Gasteiger partial charge in [0.05, 0.1) is 12.7 Å². The Hall–Kier alpha value is -1.07. The topological polar surface area (TPSA) is 41.6 Å². The van der Waals surface area contributed by atoms with Crippen molar-refractivity contribution in [3.8, 4) is 5.75 Å². The molecule has 0 aliphatic carbocycles. The lowest BCUT2D eigenvalue weighted by atomic mass is 9.88. The summed E-state index contributed by atoms with van der Waals surface area (Å²) in [5, 5.41) is 3.09. The molecule has 1 fully saturated rings. The third kappa shape index (κ3) is 4.73. The first-order valence-electron chi connectivity index (χ1n) is 8.59. The molecule has 0 bridgehead atoms. The van der Waals surface area contributed by atoms with Crippen LogP contribution < -0.4 is 10.1 Å². The normalized spacial score (nSPS) is 22.2. The van der Waals surface area contributed by atoms with Crippen LogP contribution in [0.1, 0.15) is 44.5 Å². The summed E-state index contributed by atoms with van der Waals surface area (Å²) < 4.78 is 5.99. The van der Waals surface area contributed by atoms with E-state index in [0.717, 1.165) is 17.6 Å². The molecular formula is C19H29BrN2O2. The number of nitrogens with one attached hydrogen (secondary N) is 1. The van der Waals surface area contributed by atoms with Crippen LogP contribution in [-0.2, 0) is 0 Å². The number of methoxy groups -OCH3 is 1. The number of halogens is 1. The predicted octanol–water partition coefficient (Wildman–Crippen LogP) is 3.94. The molecule has 0 aromatic heterocycles. The molecule has 1 N–H and O–H groups in total. The van der Waals surface area contributed by atoms with Gasteiger partial charge in [-0.2, -0.15) is 0 Å². The summed E-state index contributed by atoms with van der Waals surface area (Å²) in [5.41, 5.74) is 0.537. The maximum Gasteiger partial charge on any atom is 0.252 e. The molecule has 1 amide bonds. The van der Waals surface area contributed by atoms with Gasteiger partial charge in [-0.25, -0.2) is 0 Å². The zero-order chi connectivity index (χ0) is 17.9. The Balaban J connectivity index is 2.02. The molecule has 2 rings (SSSR count). The molecule has 1 heterocycles. The van der Waals surface area contributed by atoms with Crippen molar-refractivity contribution < 1.29 is 9.53 Å². The van der Waals surface area contributed by atoms with Crippen molar-refractivity contribution in [1.29, 1.82) is 0 Å². The number of likely N-dealkylation sites (tertiary alicyclic amines) is 1. The van der Waals surface area contributed by atoms with E-state index >= 15 is 0 Å². The van der Waals surface area contributed by atoms with Crippen molar-refractivity contribution >= 4 is 21.8 Å². The number of piperidine rings is 1. The van der Waals surface area contributed by atoms with Crippen molar-refractivity contribution in [2.45, 2.75) is 39.7 Å². The largest absolute Gasteiger partial charge is 0.497 e.